The van der Waals surface area contributed by atoms with Crippen LogP contribution >= 0.6 is 0 Å². The molecule has 2 amide bonds. The van der Waals surface area contributed by atoms with E-state index >= 15 is 0 Å². The van der Waals surface area contributed by atoms with Crippen LogP contribution in [-0.4, -0.2) is 22.9 Å². The van der Waals surface area contributed by atoms with Crippen molar-refractivity contribution < 1.29 is 19.5 Å². The first-order chi connectivity index (χ1) is 19.9. The van der Waals surface area contributed by atoms with Crippen LogP contribution in [-0.2, 0) is 26.3 Å². The lowest BCUT2D eigenvalue weighted by molar-refractivity contribution is -0.149. The zero-order valence-corrected chi connectivity index (χ0v) is 22.6. The molecule has 0 spiro atoms. The Kier molecular flexibility index (Phi) is 6.85. The van der Waals surface area contributed by atoms with E-state index in [4.69, 9.17) is 0 Å². The Balaban J connectivity index is 1.42. The summed E-state index contributed by atoms with van der Waals surface area (Å²) < 4.78 is 0. The van der Waals surface area contributed by atoms with Crippen LogP contribution in [0, 0.1) is 11.8 Å². The van der Waals surface area contributed by atoms with E-state index in [9.17, 15) is 19.5 Å². The molecule has 2 N–H and O–H groups in total. The van der Waals surface area contributed by atoms with Crippen LogP contribution in [0.4, 0.5) is 5.69 Å². The number of anilines is 1. The lowest BCUT2D eigenvalue weighted by Crippen LogP contribution is -2.53. The molecule has 2 heterocycles. The second kappa shape index (κ2) is 10.6. The predicted octanol–water partition coefficient (Wildman–Crippen LogP) is 5.85. The van der Waals surface area contributed by atoms with Gasteiger partial charge in [0.05, 0.1) is 17.5 Å². The van der Waals surface area contributed by atoms with Gasteiger partial charge in [-0.2, -0.15) is 0 Å². The molecule has 0 saturated carbocycles. The number of nitrogens with one attached hydrogen (secondary N) is 1. The highest BCUT2D eigenvalue weighted by atomic mass is 16.4. The molecule has 0 aliphatic carbocycles. The van der Waals surface area contributed by atoms with Crippen LogP contribution in [0.1, 0.15) is 40.8 Å². The Bertz CT molecular complexity index is 1610. The van der Waals surface area contributed by atoms with E-state index in [1.807, 2.05) is 85.8 Å². The zero-order valence-electron chi connectivity index (χ0n) is 22.6. The monoisotopic (exact) mass is 542 g/mol. The second-order valence-corrected chi connectivity index (χ2v) is 10.5. The fourth-order valence-electron chi connectivity index (χ4n) is 6.19. The minimum absolute atomic E-state index is 0.395. The average molecular weight is 543 g/mol. The number of carboxylic acids is 1. The van der Waals surface area contributed by atoms with E-state index in [0.717, 1.165) is 28.7 Å². The van der Waals surface area contributed by atoms with Crippen molar-refractivity contribution in [3.05, 3.63) is 137 Å². The number of nitrogens with zero attached hydrogens (tertiary/aromatic N) is 1. The van der Waals surface area contributed by atoms with Crippen molar-refractivity contribution in [2.75, 3.05) is 4.90 Å². The molecule has 204 valence electrons. The van der Waals surface area contributed by atoms with Gasteiger partial charge in [0.25, 0.3) is 0 Å². The Morgan fingerprint density at radius 3 is 1.98 bits per heavy atom. The minimum Gasteiger partial charge on any atom is -0.480 e. The number of carboxylic acid groups (broad SMARTS) is 1. The number of rotatable bonds is 7. The fraction of sp³-hybridized carbons (Fsp3) is 0.171. The number of amides is 2. The molecule has 2 fully saturated rings. The number of fused-ring (bicyclic) bond motifs is 1. The smallest absolute Gasteiger partial charge is 0.329 e. The van der Waals surface area contributed by atoms with Gasteiger partial charge in [-0.1, -0.05) is 116 Å². The largest absolute Gasteiger partial charge is 0.480 e. The maximum absolute atomic E-state index is 14.1. The minimum atomic E-state index is -1.77. The maximum Gasteiger partial charge on any atom is 0.329 e. The zero-order chi connectivity index (χ0) is 28.6. The number of aliphatic carboxylic acids is 1. The van der Waals surface area contributed by atoms with Crippen LogP contribution in [0.2, 0.25) is 0 Å². The van der Waals surface area contributed by atoms with Crippen LogP contribution in [0.25, 0.3) is 12.2 Å². The van der Waals surface area contributed by atoms with Gasteiger partial charge >= 0.3 is 5.97 Å². The molecular weight excluding hydrogens is 512 g/mol. The number of carbonyl (C=O) groups excluding carboxylic acids is 2. The quantitative estimate of drug-likeness (QED) is 0.226. The van der Waals surface area contributed by atoms with Crippen molar-refractivity contribution >= 4 is 35.6 Å². The van der Waals surface area contributed by atoms with Crippen molar-refractivity contribution in [3.8, 4) is 0 Å². The van der Waals surface area contributed by atoms with Crippen LogP contribution in [0.5, 0.6) is 0 Å². The molecule has 0 bridgehead atoms. The summed E-state index contributed by atoms with van der Waals surface area (Å²) in [6.45, 7) is 2.03. The summed E-state index contributed by atoms with van der Waals surface area (Å²) in [6.07, 6.45) is 4.85. The van der Waals surface area contributed by atoms with Crippen LogP contribution in [0.15, 0.2) is 109 Å². The van der Waals surface area contributed by atoms with Gasteiger partial charge in [-0.05, 0) is 46.4 Å². The lowest BCUT2D eigenvalue weighted by Gasteiger charge is -2.31. The second-order valence-electron chi connectivity index (χ2n) is 10.5. The predicted molar refractivity (Wildman–Crippen MR) is 159 cm³/mol. The lowest BCUT2D eigenvalue weighted by atomic mass is 9.75. The third kappa shape index (κ3) is 4.46. The molecule has 4 aromatic carbocycles. The van der Waals surface area contributed by atoms with Gasteiger partial charge in [-0.15, -0.1) is 0 Å². The van der Waals surface area contributed by atoms with Crippen molar-refractivity contribution in [3.63, 3.8) is 0 Å². The number of hydrogen-bond donors (Lipinski definition) is 2. The van der Waals surface area contributed by atoms with E-state index in [1.54, 1.807) is 42.5 Å². The van der Waals surface area contributed by atoms with Gasteiger partial charge in [0.1, 0.15) is 0 Å². The highest BCUT2D eigenvalue weighted by molar-refractivity contribution is 6.24. The van der Waals surface area contributed by atoms with E-state index in [2.05, 4.69) is 5.32 Å². The summed E-state index contributed by atoms with van der Waals surface area (Å²) in [6, 6.07) is 33.0. The molecule has 4 unspecified atom stereocenters. The average Bonchev–Trinajstić information content (AvgIpc) is 3.51. The first-order valence-corrected chi connectivity index (χ1v) is 13.8. The first kappa shape index (κ1) is 26.4. The van der Waals surface area contributed by atoms with Gasteiger partial charge in [0, 0.05) is 6.04 Å². The van der Waals surface area contributed by atoms with Gasteiger partial charge in [0.2, 0.25) is 11.8 Å². The van der Waals surface area contributed by atoms with E-state index < -0.39 is 41.2 Å². The highest BCUT2D eigenvalue weighted by Crippen LogP contribution is 2.53. The van der Waals surface area contributed by atoms with Crippen molar-refractivity contribution in [2.45, 2.75) is 24.9 Å². The molecule has 6 heteroatoms. The molecule has 0 aromatic heterocycles. The molecule has 4 aromatic rings. The third-order valence-corrected chi connectivity index (χ3v) is 8.29. The van der Waals surface area contributed by atoms with Gasteiger partial charge < -0.3 is 5.11 Å². The highest BCUT2D eigenvalue weighted by Gasteiger charge is 2.69. The molecule has 41 heavy (non-hydrogen) atoms. The Hall–Kier alpha value is -4.81. The van der Waals surface area contributed by atoms with Gasteiger partial charge in [0.15, 0.2) is 5.54 Å². The third-order valence-electron chi connectivity index (χ3n) is 8.29. The normalized spacial score (nSPS) is 23.7. The van der Waals surface area contributed by atoms with Crippen molar-refractivity contribution in [1.29, 1.82) is 0 Å². The Morgan fingerprint density at radius 1 is 0.805 bits per heavy atom. The number of benzene rings is 4. The fourth-order valence-corrected chi connectivity index (χ4v) is 6.19. The topological polar surface area (TPSA) is 86.7 Å². The summed E-state index contributed by atoms with van der Waals surface area (Å²) in [5.74, 6) is -4.10. The van der Waals surface area contributed by atoms with Gasteiger partial charge in [-0.25, -0.2) is 9.69 Å². The first-order valence-electron chi connectivity index (χ1n) is 13.8. The number of aryl methyl sites for hydroxylation is 1. The Labute approximate surface area is 239 Å². The molecule has 0 radical (unpaired) electrons. The SMILES string of the molecule is CCc1ccc(N2C(=O)C3C(c4ccc(/C=C/c5ccccc5)cc4)NC(C(=O)O)(c4ccccc4)C3C2=O)cc1. The summed E-state index contributed by atoms with van der Waals surface area (Å²) in [5, 5.41) is 14.0. The summed E-state index contributed by atoms with van der Waals surface area (Å²) in [5.41, 5.74) is 3.00. The van der Waals surface area contributed by atoms with Crippen molar-refractivity contribution in [2.24, 2.45) is 11.8 Å². The molecule has 4 atom stereocenters. The molecule has 2 saturated heterocycles. The van der Waals surface area contributed by atoms with E-state index in [0.29, 0.717) is 11.3 Å². The molecule has 2 aliphatic heterocycles. The number of imide groups is 1. The standard InChI is InChI=1S/C35H30N2O4/c1-2-23-17-21-28(22-18-23)37-32(38)29-30(33(37)39)35(34(40)41,27-11-7-4-8-12-27)36-31(29)26-19-15-25(16-20-26)14-13-24-9-5-3-6-10-24/h3-22,29-31,36H,2H2,1H3,(H,40,41)/b14-13+. The van der Waals surface area contributed by atoms with Crippen molar-refractivity contribution in [1.82, 2.24) is 5.32 Å². The van der Waals surface area contributed by atoms with Crippen LogP contribution in [0.3, 0.4) is 0 Å². The van der Waals surface area contributed by atoms with Crippen LogP contribution < -0.4 is 10.2 Å². The van der Waals surface area contributed by atoms with E-state index in [1.165, 1.54) is 4.90 Å². The van der Waals surface area contributed by atoms with Gasteiger partial charge in [-0.3, -0.25) is 14.9 Å². The molecule has 6 nitrogen and oxygen atoms in total. The summed E-state index contributed by atoms with van der Waals surface area (Å²) >= 11 is 0. The maximum atomic E-state index is 14.1. The molecular formula is C35H30N2O4. The summed E-state index contributed by atoms with van der Waals surface area (Å²) in [7, 11) is 0. The Morgan fingerprint density at radius 2 is 1.39 bits per heavy atom. The van der Waals surface area contributed by atoms with E-state index in [-0.39, 0.29) is 0 Å². The molecule has 2 aliphatic rings. The summed E-state index contributed by atoms with van der Waals surface area (Å²) in [4.78, 5) is 42.5. The molecule has 6 rings (SSSR count). The number of hydrogen-bond acceptors (Lipinski definition) is 4. The number of carbonyl (C=O) groups is 3.